The number of aromatic nitrogens is 2. The second-order valence-electron chi connectivity index (χ2n) is 5.20. The van der Waals surface area contributed by atoms with E-state index in [0.29, 0.717) is 6.54 Å². The van der Waals surface area contributed by atoms with Crippen molar-refractivity contribution in [2.45, 2.75) is 40.3 Å². The number of carbonyl (C=O) groups excluding carboxylic acids is 1. The van der Waals surface area contributed by atoms with Gasteiger partial charge in [-0.15, -0.1) is 0 Å². The Morgan fingerprint density at radius 3 is 2.50 bits per heavy atom. The highest BCUT2D eigenvalue weighted by Crippen LogP contribution is 2.20. The Morgan fingerprint density at radius 1 is 1.35 bits per heavy atom. The third-order valence-corrected chi connectivity index (χ3v) is 3.43. The monoisotopic (exact) mass is 281 g/mol. The minimum absolute atomic E-state index is 0.0642. The van der Waals surface area contributed by atoms with E-state index in [1.807, 2.05) is 11.6 Å². The number of nitrogens with one attached hydrogen (secondary N) is 2. The zero-order valence-electron chi connectivity index (χ0n) is 13.4. The van der Waals surface area contributed by atoms with Crippen LogP contribution in [0.3, 0.4) is 0 Å². The summed E-state index contributed by atoms with van der Waals surface area (Å²) in [6.45, 7) is 10.6. The molecule has 6 nitrogen and oxygen atoms in total. The van der Waals surface area contributed by atoms with Gasteiger partial charge in [-0.3, -0.25) is 4.68 Å². The Hall–Kier alpha value is -1.56. The van der Waals surface area contributed by atoms with Crippen LogP contribution in [-0.2, 0) is 6.54 Å². The van der Waals surface area contributed by atoms with Crippen LogP contribution >= 0.6 is 0 Å². The van der Waals surface area contributed by atoms with Gasteiger partial charge in [-0.1, -0.05) is 0 Å². The number of amides is 2. The zero-order chi connectivity index (χ0) is 15.3. The van der Waals surface area contributed by atoms with Gasteiger partial charge in [0.2, 0.25) is 0 Å². The van der Waals surface area contributed by atoms with Crippen LogP contribution in [0.25, 0.3) is 0 Å². The molecule has 20 heavy (non-hydrogen) atoms. The molecule has 1 heterocycles. The molecule has 0 aliphatic carbocycles. The maximum absolute atomic E-state index is 11.4. The van der Waals surface area contributed by atoms with Crippen molar-refractivity contribution in [3.05, 3.63) is 17.0 Å². The Bertz CT molecular complexity index is 453. The van der Waals surface area contributed by atoms with Crippen molar-refractivity contribution in [2.24, 2.45) is 0 Å². The Labute approximate surface area is 121 Å². The molecule has 0 aliphatic heterocycles. The minimum atomic E-state index is -0.0642. The van der Waals surface area contributed by atoms with Crippen molar-refractivity contribution in [3.8, 4) is 0 Å². The summed E-state index contributed by atoms with van der Waals surface area (Å²) in [5.41, 5.74) is 3.54. The molecule has 0 spiro atoms. The van der Waals surface area contributed by atoms with Crippen LogP contribution in [0, 0.1) is 13.8 Å². The summed E-state index contributed by atoms with van der Waals surface area (Å²) in [5, 5.41) is 10.8. The summed E-state index contributed by atoms with van der Waals surface area (Å²) in [7, 11) is 3.47. The molecule has 1 unspecified atom stereocenters. The normalized spacial score (nSPS) is 12.3. The van der Waals surface area contributed by atoms with Crippen LogP contribution in [0.5, 0.6) is 0 Å². The molecule has 0 radical (unpaired) electrons. The zero-order valence-corrected chi connectivity index (χ0v) is 13.4. The van der Waals surface area contributed by atoms with Crippen LogP contribution in [0.1, 0.15) is 36.8 Å². The molecule has 0 aliphatic rings. The first-order valence-corrected chi connectivity index (χ1v) is 7.10. The predicted molar refractivity (Wildman–Crippen MR) is 80.9 cm³/mol. The maximum Gasteiger partial charge on any atom is 0.316 e. The largest absolute Gasteiger partial charge is 0.337 e. The average Bonchev–Trinajstić information content (AvgIpc) is 2.68. The van der Waals surface area contributed by atoms with E-state index in [1.165, 1.54) is 16.2 Å². The third-order valence-electron chi connectivity index (χ3n) is 3.43. The lowest BCUT2D eigenvalue weighted by molar-refractivity contribution is 0.217. The molecule has 1 aromatic rings. The van der Waals surface area contributed by atoms with E-state index >= 15 is 0 Å². The van der Waals surface area contributed by atoms with Crippen molar-refractivity contribution >= 4 is 6.03 Å². The van der Waals surface area contributed by atoms with Gasteiger partial charge in [0.15, 0.2) is 0 Å². The smallest absolute Gasteiger partial charge is 0.316 e. The molecule has 0 fully saturated rings. The van der Waals surface area contributed by atoms with E-state index in [4.69, 9.17) is 0 Å². The van der Waals surface area contributed by atoms with Crippen LogP contribution in [0.2, 0.25) is 0 Å². The van der Waals surface area contributed by atoms with Gasteiger partial charge in [0.05, 0.1) is 5.69 Å². The number of urea groups is 1. The second-order valence-corrected chi connectivity index (χ2v) is 5.20. The van der Waals surface area contributed by atoms with E-state index < -0.39 is 0 Å². The van der Waals surface area contributed by atoms with Crippen molar-refractivity contribution in [1.82, 2.24) is 25.3 Å². The first-order chi connectivity index (χ1) is 9.38. The summed E-state index contributed by atoms with van der Waals surface area (Å²) in [6.07, 6.45) is 0. The molecule has 2 N–H and O–H groups in total. The lowest BCUT2D eigenvalue weighted by Gasteiger charge is -2.16. The molecule has 0 saturated carbocycles. The molecule has 0 bridgehead atoms. The fraction of sp³-hybridized carbons (Fsp3) is 0.714. The van der Waals surface area contributed by atoms with Crippen molar-refractivity contribution in [3.63, 3.8) is 0 Å². The number of rotatable bonds is 6. The van der Waals surface area contributed by atoms with Gasteiger partial charge in [-0.25, -0.2) is 4.79 Å². The Kier molecular flexibility index (Phi) is 6.01. The Balaban J connectivity index is 2.49. The van der Waals surface area contributed by atoms with Crippen molar-refractivity contribution < 1.29 is 4.79 Å². The SMILES string of the molecule is CCn1nc(C)c(C(C)NCCNC(=O)N(C)C)c1C. The number of nitrogens with zero attached hydrogens (tertiary/aromatic N) is 3. The number of hydrogen-bond acceptors (Lipinski definition) is 3. The predicted octanol–water partition coefficient (Wildman–Crippen LogP) is 1.44. The third kappa shape index (κ3) is 3.96. The summed E-state index contributed by atoms with van der Waals surface area (Å²) in [5.74, 6) is 0. The van der Waals surface area contributed by atoms with Gasteiger partial charge in [-0.05, 0) is 27.7 Å². The van der Waals surface area contributed by atoms with E-state index in [1.54, 1.807) is 14.1 Å². The fourth-order valence-electron chi connectivity index (χ4n) is 2.36. The summed E-state index contributed by atoms with van der Waals surface area (Å²) in [4.78, 5) is 12.9. The highest BCUT2D eigenvalue weighted by Gasteiger charge is 2.16. The quantitative estimate of drug-likeness (QED) is 0.776. The molecule has 0 saturated heterocycles. The van der Waals surface area contributed by atoms with E-state index in [-0.39, 0.29) is 12.1 Å². The molecule has 1 aromatic heterocycles. The summed E-state index contributed by atoms with van der Waals surface area (Å²) < 4.78 is 2.02. The van der Waals surface area contributed by atoms with Crippen LogP contribution in [-0.4, -0.2) is 47.9 Å². The summed E-state index contributed by atoms with van der Waals surface area (Å²) >= 11 is 0. The second kappa shape index (κ2) is 7.28. The Morgan fingerprint density at radius 2 is 2.00 bits per heavy atom. The van der Waals surface area contributed by atoms with Gasteiger partial charge in [0.1, 0.15) is 0 Å². The molecule has 2 amide bonds. The van der Waals surface area contributed by atoms with Gasteiger partial charge in [0, 0.05) is 51.0 Å². The fourth-order valence-corrected chi connectivity index (χ4v) is 2.36. The first-order valence-electron chi connectivity index (χ1n) is 7.10. The molecule has 0 aromatic carbocycles. The molecular weight excluding hydrogens is 254 g/mol. The molecule has 1 rings (SSSR count). The molecule has 6 heteroatoms. The van der Waals surface area contributed by atoms with Crippen LogP contribution in [0.15, 0.2) is 0 Å². The van der Waals surface area contributed by atoms with Gasteiger partial charge < -0.3 is 15.5 Å². The van der Waals surface area contributed by atoms with Gasteiger partial charge >= 0.3 is 6.03 Å². The van der Waals surface area contributed by atoms with Gasteiger partial charge in [-0.2, -0.15) is 5.10 Å². The van der Waals surface area contributed by atoms with Crippen molar-refractivity contribution in [1.29, 1.82) is 0 Å². The highest BCUT2D eigenvalue weighted by atomic mass is 16.2. The number of hydrogen-bond donors (Lipinski definition) is 2. The minimum Gasteiger partial charge on any atom is -0.337 e. The van der Waals surface area contributed by atoms with Crippen molar-refractivity contribution in [2.75, 3.05) is 27.2 Å². The first kappa shape index (κ1) is 16.5. The van der Waals surface area contributed by atoms with Crippen LogP contribution < -0.4 is 10.6 Å². The highest BCUT2D eigenvalue weighted by molar-refractivity contribution is 5.73. The number of carbonyl (C=O) groups is 1. The van der Waals surface area contributed by atoms with E-state index in [0.717, 1.165) is 18.8 Å². The molecule has 1 atom stereocenters. The van der Waals surface area contributed by atoms with Gasteiger partial charge in [0.25, 0.3) is 0 Å². The van der Waals surface area contributed by atoms with E-state index in [2.05, 4.69) is 36.5 Å². The summed E-state index contributed by atoms with van der Waals surface area (Å²) in [6, 6.07) is 0.164. The number of aryl methyl sites for hydroxylation is 2. The standard InChI is InChI=1S/C14H27N5O/c1-7-19-12(4)13(11(3)17-19)10(2)15-8-9-16-14(20)18(5)6/h10,15H,7-9H2,1-6H3,(H,16,20). The lowest BCUT2D eigenvalue weighted by atomic mass is 10.1. The topological polar surface area (TPSA) is 62.2 Å². The lowest BCUT2D eigenvalue weighted by Crippen LogP contribution is -2.38. The molecular formula is C14H27N5O. The van der Waals surface area contributed by atoms with Crippen LogP contribution in [0.4, 0.5) is 4.79 Å². The molecule has 114 valence electrons. The average molecular weight is 281 g/mol. The maximum atomic E-state index is 11.4. The van der Waals surface area contributed by atoms with E-state index in [9.17, 15) is 4.79 Å².